The number of halogens is 2. The molecule has 178 valence electrons. The number of allylic oxidation sites excluding steroid dienone is 4. The number of nitriles is 1. The molecule has 2 heterocycles. The second-order valence-electron chi connectivity index (χ2n) is 8.66. The van der Waals surface area contributed by atoms with E-state index in [9.17, 15) is 14.4 Å². The number of amides is 1. The molecule has 5 nitrogen and oxygen atoms in total. The Bertz CT molecular complexity index is 1180. The third-order valence-electron chi connectivity index (χ3n) is 6.37. The van der Waals surface area contributed by atoms with Crippen LogP contribution in [0.2, 0.25) is 0 Å². The lowest BCUT2D eigenvalue weighted by Crippen LogP contribution is -2.60. The summed E-state index contributed by atoms with van der Waals surface area (Å²) < 4.78 is 14.0. The number of carbonyl (C=O) groups is 1. The normalized spacial score (nSPS) is 21.8. The molecule has 2 aliphatic heterocycles. The van der Waals surface area contributed by atoms with E-state index in [1.807, 2.05) is 19.9 Å². The minimum Gasteiger partial charge on any atom is -0.355 e. The van der Waals surface area contributed by atoms with Crippen LogP contribution >= 0.6 is 28.6 Å². The Labute approximate surface area is 214 Å². The summed E-state index contributed by atoms with van der Waals surface area (Å²) in [5.74, 6) is -0.575. The van der Waals surface area contributed by atoms with Crippen molar-refractivity contribution in [3.05, 3.63) is 86.7 Å². The Morgan fingerprint density at radius 2 is 2.21 bits per heavy atom. The average Bonchev–Trinajstić information content (AvgIpc) is 3.21. The Balaban J connectivity index is 1.92. The summed E-state index contributed by atoms with van der Waals surface area (Å²) in [5, 5.41) is 17.6. The standard InChI is InChI=1S/C26H28BrFN4OS/c1-17(7-5-8-21(28)16-34)15-31-25(33)24(18(2)26(4)11-6-12-32(26)31)19(3)30-22-9-10-23(27)20(13-22)14-29/h5,7-10,13,16,30,34H,3,6,11-12,15H2,1-2,4H3/b8-5-,17-7+,21-16-. The molecule has 1 atom stereocenters. The van der Waals surface area contributed by atoms with Crippen LogP contribution in [0.4, 0.5) is 10.1 Å². The van der Waals surface area contributed by atoms with Crippen molar-refractivity contribution in [3.8, 4) is 6.07 Å². The van der Waals surface area contributed by atoms with Gasteiger partial charge in [0.05, 0.1) is 23.2 Å². The van der Waals surface area contributed by atoms with Crippen molar-refractivity contribution in [1.29, 1.82) is 5.26 Å². The van der Waals surface area contributed by atoms with E-state index in [1.54, 1.807) is 29.3 Å². The van der Waals surface area contributed by atoms with Gasteiger partial charge >= 0.3 is 0 Å². The van der Waals surface area contributed by atoms with Crippen molar-refractivity contribution in [2.75, 3.05) is 18.4 Å². The van der Waals surface area contributed by atoms with Crippen molar-refractivity contribution in [1.82, 2.24) is 10.0 Å². The molecule has 2 aliphatic rings. The summed E-state index contributed by atoms with van der Waals surface area (Å²) in [7, 11) is 0. The molecule has 1 saturated heterocycles. The first kappa shape index (κ1) is 26.0. The Kier molecular flexibility index (Phi) is 8.24. The summed E-state index contributed by atoms with van der Waals surface area (Å²) in [6.07, 6.45) is 6.63. The highest BCUT2D eigenvalue weighted by molar-refractivity contribution is 9.10. The summed E-state index contributed by atoms with van der Waals surface area (Å²) in [4.78, 5) is 13.7. The van der Waals surface area contributed by atoms with Crippen LogP contribution in [0.25, 0.3) is 0 Å². The van der Waals surface area contributed by atoms with E-state index in [4.69, 9.17) is 0 Å². The number of hydrazine groups is 1. The van der Waals surface area contributed by atoms with Crippen molar-refractivity contribution < 1.29 is 9.18 Å². The number of nitrogens with one attached hydrogen (secondary N) is 1. The van der Waals surface area contributed by atoms with Crippen LogP contribution in [0.3, 0.4) is 0 Å². The summed E-state index contributed by atoms with van der Waals surface area (Å²) in [6, 6.07) is 7.49. The third-order valence-corrected chi connectivity index (χ3v) is 7.31. The molecule has 1 aromatic rings. The van der Waals surface area contributed by atoms with Crippen molar-refractivity contribution in [3.63, 3.8) is 0 Å². The van der Waals surface area contributed by atoms with Gasteiger partial charge in [0, 0.05) is 27.8 Å². The van der Waals surface area contributed by atoms with E-state index in [2.05, 4.69) is 58.5 Å². The molecule has 1 aromatic carbocycles. The maximum absolute atomic E-state index is 13.7. The highest BCUT2D eigenvalue weighted by Gasteiger charge is 2.49. The fourth-order valence-corrected chi connectivity index (χ4v) is 4.88. The molecule has 0 aromatic heterocycles. The van der Waals surface area contributed by atoms with Crippen LogP contribution in [-0.2, 0) is 4.79 Å². The monoisotopic (exact) mass is 542 g/mol. The molecule has 1 N–H and O–H groups in total. The summed E-state index contributed by atoms with van der Waals surface area (Å²) >= 11 is 7.16. The maximum atomic E-state index is 13.7. The number of benzene rings is 1. The zero-order valence-corrected chi connectivity index (χ0v) is 22.0. The number of rotatable bonds is 7. The minimum absolute atomic E-state index is 0.134. The SMILES string of the molecule is C=C(Nc1ccc(Br)c(C#N)c1)C1=C(C)C2(C)CCCN2N(C/C(C)=C/C=C\C(F)=C\S)C1=O. The van der Waals surface area contributed by atoms with Crippen LogP contribution in [0.5, 0.6) is 0 Å². The largest absolute Gasteiger partial charge is 0.355 e. The summed E-state index contributed by atoms with van der Waals surface area (Å²) in [6.45, 7) is 11.4. The number of hydrogen-bond acceptors (Lipinski definition) is 5. The van der Waals surface area contributed by atoms with Gasteiger partial charge in [-0.2, -0.15) is 5.26 Å². The van der Waals surface area contributed by atoms with Crippen LogP contribution < -0.4 is 5.32 Å². The van der Waals surface area contributed by atoms with Gasteiger partial charge in [0.25, 0.3) is 5.91 Å². The molecular formula is C26H28BrFN4OS. The first-order valence-corrected chi connectivity index (χ1v) is 12.2. The Hall–Kier alpha value is -2.60. The molecule has 0 saturated carbocycles. The topological polar surface area (TPSA) is 59.4 Å². The van der Waals surface area contributed by atoms with Gasteiger partial charge in [-0.15, -0.1) is 12.6 Å². The second kappa shape index (κ2) is 10.8. The second-order valence-corrected chi connectivity index (χ2v) is 9.77. The number of nitrogens with zero attached hydrogens (tertiary/aromatic N) is 3. The molecule has 8 heteroatoms. The number of hydrogen-bond donors (Lipinski definition) is 2. The van der Waals surface area contributed by atoms with Crippen LogP contribution in [0.15, 0.2) is 81.1 Å². The van der Waals surface area contributed by atoms with Gasteiger partial charge in [-0.1, -0.05) is 24.3 Å². The van der Waals surface area contributed by atoms with E-state index in [1.165, 1.54) is 6.08 Å². The number of anilines is 1. The van der Waals surface area contributed by atoms with E-state index in [0.717, 1.165) is 35.9 Å². The van der Waals surface area contributed by atoms with Gasteiger partial charge in [-0.3, -0.25) is 9.80 Å². The molecule has 0 spiro atoms. The summed E-state index contributed by atoms with van der Waals surface area (Å²) in [5.41, 5.74) is 3.81. The third kappa shape index (κ3) is 5.22. The fourth-order valence-electron chi connectivity index (χ4n) is 4.46. The number of thiol groups is 1. The molecule has 3 rings (SSSR count). The zero-order valence-electron chi connectivity index (χ0n) is 19.5. The average molecular weight is 544 g/mol. The lowest BCUT2D eigenvalue weighted by atomic mass is 9.84. The van der Waals surface area contributed by atoms with E-state index >= 15 is 0 Å². The highest BCUT2D eigenvalue weighted by atomic mass is 79.9. The van der Waals surface area contributed by atoms with Crippen molar-refractivity contribution in [2.45, 2.75) is 39.2 Å². The molecule has 1 unspecified atom stereocenters. The number of carbonyl (C=O) groups excluding carboxylic acids is 1. The fraction of sp³-hybridized carbons (Fsp3) is 0.308. The lowest BCUT2D eigenvalue weighted by molar-refractivity contribution is -0.152. The van der Waals surface area contributed by atoms with Crippen LogP contribution in [0, 0.1) is 11.3 Å². The van der Waals surface area contributed by atoms with Crippen LogP contribution in [0.1, 0.15) is 39.2 Å². The maximum Gasteiger partial charge on any atom is 0.270 e. The van der Waals surface area contributed by atoms with Gasteiger partial charge < -0.3 is 5.32 Å². The molecule has 1 amide bonds. The van der Waals surface area contributed by atoms with E-state index in [0.29, 0.717) is 33.5 Å². The molecule has 34 heavy (non-hydrogen) atoms. The van der Waals surface area contributed by atoms with Gasteiger partial charge in [0.1, 0.15) is 11.9 Å². The van der Waals surface area contributed by atoms with Gasteiger partial charge in [-0.05, 0) is 79.4 Å². The smallest absolute Gasteiger partial charge is 0.270 e. The van der Waals surface area contributed by atoms with E-state index in [-0.39, 0.29) is 11.4 Å². The molecule has 0 aliphatic carbocycles. The zero-order chi connectivity index (χ0) is 25.0. The van der Waals surface area contributed by atoms with Gasteiger partial charge in [0.2, 0.25) is 0 Å². The van der Waals surface area contributed by atoms with E-state index < -0.39 is 5.83 Å². The molecule has 1 fully saturated rings. The first-order chi connectivity index (χ1) is 16.1. The van der Waals surface area contributed by atoms with Crippen LogP contribution in [-0.4, -0.2) is 34.6 Å². The number of fused-ring (bicyclic) bond motifs is 1. The molecular weight excluding hydrogens is 515 g/mol. The van der Waals surface area contributed by atoms with Crippen molar-refractivity contribution in [2.24, 2.45) is 0 Å². The minimum atomic E-state index is -0.440. The lowest BCUT2D eigenvalue weighted by Gasteiger charge is -2.48. The molecule has 0 bridgehead atoms. The van der Waals surface area contributed by atoms with Gasteiger partial charge in [-0.25, -0.2) is 9.40 Å². The quantitative estimate of drug-likeness (QED) is 0.308. The molecule has 0 radical (unpaired) electrons. The predicted octanol–water partition coefficient (Wildman–Crippen LogP) is 6.42. The Morgan fingerprint density at radius 1 is 1.47 bits per heavy atom. The van der Waals surface area contributed by atoms with Crippen molar-refractivity contribution >= 4 is 40.2 Å². The van der Waals surface area contributed by atoms with Gasteiger partial charge in [0.15, 0.2) is 0 Å². The highest BCUT2D eigenvalue weighted by Crippen LogP contribution is 2.43. The Morgan fingerprint density at radius 3 is 2.88 bits per heavy atom. The first-order valence-electron chi connectivity index (χ1n) is 10.9. The predicted molar refractivity (Wildman–Crippen MR) is 141 cm³/mol.